The van der Waals surface area contributed by atoms with Gasteiger partial charge in [0.2, 0.25) is 5.91 Å². The van der Waals surface area contributed by atoms with E-state index in [-0.39, 0.29) is 11.3 Å². The number of amides is 1. The molecule has 0 fully saturated rings. The highest BCUT2D eigenvalue weighted by Crippen LogP contribution is 2.33. The van der Waals surface area contributed by atoms with Gasteiger partial charge in [0.1, 0.15) is 17.4 Å². The van der Waals surface area contributed by atoms with E-state index in [1.807, 2.05) is 49.4 Å². The number of hydrogen-bond acceptors (Lipinski definition) is 4. The lowest BCUT2D eigenvalue weighted by Crippen LogP contribution is -2.31. The third-order valence-electron chi connectivity index (χ3n) is 7.14. The number of benzene rings is 3. The van der Waals surface area contributed by atoms with Gasteiger partial charge in [-0.05, 0) is 41.3 Å². The number of aliphatic carboxylic acids is 1. The van der Waals surface area contributed by atoms with E-state index in [1.54, 1.807) is 6.20 Å². The molecule has 1 aromatic heterocycles. The monoisotopic (exact) mass is 667 g/mol. The third kappa shape index (κ3) is 10.9. The zero-order valence-corrected chi connectivity index (χ0v) is 25.1. The van der Waals surface area contributed by atoms with Gasteiger partial charge >= 0.3 is 18.3 Å². The molecule has 1 heterocycles. The summed E-state index contributed by atoms with van der Waals surface area (Å²) in [5, 5.41) is 12.1. The Balaban J connectivity index is 0.000000771. The molecule has 0 aliphatic carbocycles. The number of H-pyrrole nitrogens is 1. The molecule has 1 atom stereocenters. The average Bonchev–Trinajstić information content (AvgIpc) is 3.50. The van der Waals surface area contributed by atoms with Gasteiger partial charge in [-0.3, -0.25) is 9.59 Å². The first-order valence-electron chi connectivity index (χ1n) is 14.6. The SMILES string of the molecule is CCC(=O)CCCCC[C@H](NC(=O)Cc1cccc(C(F)(F)F)c1F)c1ncc(-c2ccc3ccccc3c2)[nH]1.O=C(O)C(F)(F)F. The van der Waals surface area contributed by atoms with Crippen LogP contribution in [0.5, 0.6) is 0 Å². The molecule has 47 heavy (non-hydrogen) atoms. The van der Waals surface area contributed by atoms with Crippen LogP contribution in [-0.4, -0.2) is 38.9 Å². The summed E-state index contributed by atoms with van der Waals surface area (Å²) >= 11 is 0. The Morgan fingerprint density at radius 3 is 2.23 bits per heavy atom. The zero-order chi connectivity index (χ0) is 34.8. The standard InChI is InChI=1S/C31H31F4N3O2.C2HF3O2/c1-2-24(39)12-4-3-5-14-26(37-28(40)18-23-11-8-13-25(29(23)32)31(33,34)35)30-36-19-27(38-30)22-16-15-20-9-6-7-10-21(20)17-22;3-2(4,5)1(6)7/h6-11,13,15-17,19,26H,2-5,12,14,18H2,1H3,(H,36,38)(H,37,40);(H,6,7)/t26-;/m0./s1. The molecule has 0 saturated heterocycles. The number of ketones is 1. The number of halogens is 7. The summed E-state index contributed by atoms with van der Waals surface area (Å²) in [6.45, 7) is 1.82. The van der Waals surface area contributed by atoms with E-state index in [9.17, 15) is 40.3 Å². The molecule has 0 bridgehead atoms. The van der Waals surface area contributed by atoms with E-state index < -0.39 is 48.1 Å². The van der Waals surface area contributed by atoms with Crippen molar-refractivity contribution in [3.05, 3.63) is 89.6 Å². The molecule has 252 valence electrons. The second kappa shape index (κ2) is 16.2. The summed E-state index contributed by atoms with van der Waals surface area (Å²) in [6, 6.07) is 16.3. The van der Waals surface area contributed by atoms with Crippen molar-refractivity contribution in [3.8, 4) is 11.3 Å². The summed E-state index contributed by atoms with van der Waals surface area (Å²) in [7, 11) is 0. The molecule has 4 rings (SSSR count). The number of nitrogens with zero attached hydrogens (tertiary/aromatic N) is 1. The largest absolute Gasteiger partial charge is 0.490 e. The van der Waals surface area contributed by atoms with Crippen molar-refractivity contribution < 1.29 is 50.2 Å². The Kier molecular flexibility index (Phi) is 12.6. The van der Waals surface area contributed by atoms with Gasteiger partial charge in [-0.1, -0.05) is 68.3 Å². The second-order valence-electron chi connectivity index (χ2n) is 10.6. The number of carboxylic acids is 1. The molecule has 4 aromatic rings. The van der Waals surface area contributed by atoms with Crippen LogP contribution in [0.4, 0.5) is 30.7 Å². The van der Waals surface area contributed by atoms with Crippen LogP contribution in [0.25, 0.3) is 22.0 Å². The lowest BCUT2D eigenvalue weighted by molar-refractivity contribution is -0.192. The number of nitrogens with one attached hydrogen (secondary N) is 2. The molecule has 0 aliphatic rings. The van der Waals surface area contributed by atoms with Crippen molar-refractivity contribution >= 4 is 28.4 Å². The van der Waals surface area contributed by atoms with Gasteiger partial charge in [0.25, 0.3) is 0 Å². The van der Waals surface area contributed by atoms with Crippen LogP contribution in [-0.2, 0) is 27.0 Å². The van der Waals surface area contributed by atoms with Gasteiger partial charge in [-0.2, -0.15) is 26.3 Å². The van der Waals surface area contributed by atoms with E-state index in [4.69, 9.17) is 9.90 Å². The van der Waals surface area contributed by atoms with Crippen molar-refractivity contribution in [3.63, 3.8) is 0 Å². The van der Waals surface area contributed by atoms with Crippen LogP contribution in [0.2, 0.25) is 0 Å². The molecule has 1 amide bonds. The summed E-state index contributed by atoms with van der Waals surface area (Å²) in [5.74, 6) is -4.14. The number of aromatic nitrogens is 2. The van der Waals surface area contributed by atoms with E-state index in [1.165, 1.54) is 6.07 Å². The van der Waals surface area contributed by atoms with Crippen molar-refractivity contribution in [2.75, 3.05) is 0 Å². The summed E-state index contributed by atoms with van der Waals surface area (Å²) < 4.78 is 85.6. The fraction of sp³-hybridized carbons (Fsp3) is 0.333. The highest BCUT2D eigenvalue weighted by atomic mass is 19.4. The van der Waals surface area contributed by atoms with E-state index in [0.29, 0.717) is 37.6 Å². The van der Waals surface area contributed by atoms with Gasteiger partial charge in [0, 0.05) is 18.4 Å². The smallest absolute Gasteiger partial charge is 0.475 e. The highest BCUT2D eigenvalue weighted by molar-refractivity contribution is 5.86. The third-order valence-corrected chi connectivity index (χ3v) is 7.14. The fourth-order valence-corrected chi connectivity index (χ4v) is 4.67. The van der Waals surface area contributed by atoms with Crippen LogP contribution in [0.15, 0.2) is 66.9 Å². The van der Waals surface area contributed by atoms with E-state index >= 15 is 0 Å². The van der Waals surface area contributed by atoms with Crippen LogP contribution < -0.4 is 5.32 Å². The van der Waals surface area contributed by atoms with Gasteiger partial charge in [-0.15, -0.1) is 0 Å². The number of aromatic amines is 1. The minimum atomic E-state index is -5.08. The Morgan fingerprint density at radius 1 is 0.915 bits per heavy atom. The quantitative estimate of drug-likeness (QED) is 0.104. The number of fused-ring (bicyclic) bond motifs is 1. The Hall–Kier alpha value is -4.75. The van der Waals surface area contributed by atoms with Crippen molar-refractivity contribution in [1.29, 1.82) is 0 Å². The van der Waals surface area contributed by atoms with Gasteiger partial charge < -0.3 is 15.4 Å². The lowest BCUT2D eigenvalue weighted by Gasteiger charge is -2.18. The number of Topliss-reactive ketones (excluding diaryl/α,β-unsaturated/α-hetero) is 1. The molecule has 3 N–H and O–H groups in total. The summed E-state index contributed by atoms with van der Waals surface area (Å²) in [4.78, 5) is 41.2. The number of alkyl halides is 6. The highest BCUT2D eigenvalue weighted by Gasteiger charge is 2.38. The van der Waals surface area contributed by atoms with Gasteiger partial charge in [0.05, 0.1) is 29.9 Å². The molecule has 0 aliphatic heterocycles. The number of hydrogen-bond donors (Lipinski definition) is 3. The molecule has 0 spiro atoms. The first-order valence-corrected chi connectivity index (χ1v) is 14.6. The number of unbranched alkanes of at least 4 members (excludes halogenated alkanes) is 2. The molecular formula is C33H32F7N3O4. The van der Waals surface area contributed by atoms with Gasteiger partial charge in [0.15, 0.2) is 0 Å². The first kappa shape index (κ1) is 36.7. The molecule has 7 nitrogen and oxygen atoms in total. The normalized spacial score (nSPS) is 12.3. The maximum Gasteiger partial charge on any atom is 0.490 e. The first-order chi connectivity index (χ1) is 22.1. The van der Waals surface area contributed by atoms with Gasteiger partial charge in [-0.25, -0.2) is 14.2 Å². The summed E-state index contributed by atoms with van der Waals surface area (Å²) in [6.07, 6.45) is -5.16. The molecule has 0 saturated carbocycles. The number of imidazole rings is 1. The zero-order valence-electron chi connectivity index (χ0n) is 25.1. The summed E-state index contributed by atoms with van der Waals surface area (Å²) in [5.41, 5.74) is -0.0772. The number of rotatable bonds is 12. The maximum absolute atomic E-state index is 14.5. The minimum Gasteiger partial charge on any atom is -0.475 e. The van der Waals surface area contributed by atoms with Crippen LogP contribution in [0, 0.1) is 5.82 Å². The van der Waals surface area contributed by atoms with E-state index in [0.717, 1.165) is 40.9 Å². The predicted octanol–water partition coefficient (Wildman–Crippen LogP) is 8.35. The number of carbonyl (C=O) groups excluding carboxylic acids is 2. The number of carbonyl (C=O) groups is 3. The Labute approximate surface area is 265 Å². The van der Waals surface area contributed by atoms with Crippen molar-refractivity contribution in [2.45, 2.75) is 70.3 Å². The lowest BCUT2D eigenvalue weighted by atomic mass is 10.0. The fourth-order valence-electron chi connectivity index (χ4n) is 4.67. The maximum atomic E-state index is 14.5. The molecule has 0 unspecified atom stereocenters. The topological polar surface area (TPSA) is 112 Å². The predicted molar refractivity (Wildman–Crippen MR) is 160 cm³/mol. The Morgan fingerprint density at radius 2 is 1.60 bits per heavy atom. The minimum absolute atomic E-state index is 0.194. The average molecular weight is 668 g/mol. The molecular weight excluding hydrogens is 635 g/mol. The second-order valence-corrected chi connectivity index (χ2v) is 10.6. The molecule has 3 aromatic carbocycles. The Bertz CT molecular complexity index is 1680. The molecule has 0 radical (unpaired) electrons. The van der Waals surface area contributed by atoms with Crippen molar-refractivity contribution in [2.24, 2.45) is 0 Å². The van der Waals surface area contributed by atoms with Crippen LogP contribution in [0.1, 0.15) is 68.4 Å². The van der Waals surface area contributed by atoms with E-state index in [2.05, 4.69) is 15.3 Å². The van der Waals surface area contributed by atoms with Crippen LogP contribution in [0.3, 0.4) is 0 Å². The van der Waals surface area contributed by atoms with Crippen molar-refractivity contribution in [1.82, 2.24) is 15.3 Å². The number of carboxylic acid groups (broad SMARTS) is 1. The van der Waals surface area contributed by atoms with Crippen LogP contribution >= 0.6 is 0 Å². The molecule has 14 heteroatoms.